The second-order valence-electron chi connectivity index (χ2n) is 7.21. The van der Waals surface area contributed by atoms with Gasteiger partial charge in [0.1, 0.15) is 0 Å². The van der Waals surface area contributed by atoms with E-state index in [4.69, 9.17) is 5.26 Å². The molecular formula is C25H23N5O. The maximum Gasteiger partial charge on any atom is 0.244 e. The van der Waals surface area contributed by atoms with Crippen LogP contribution in [-0.2, 0) is 17.8 Å². The molecule has 0 aliphatic carbocycles. The summed E-state index contributed by atoms with van der Waals surface area (Å²) in [5.74, 6) is -0.135. The van der Waals surface area contributed by atoms with Crippen LogP contribution in [0.4, 0.5) is 0 Å². The number of fused-ring (bicyclic) bond motifs is 1. The van der Waals surface area contributed by atoms with E-state index in [1.807, 2.05) is 83.9 Å². The predicted octanol–water partition coefficient (Wildman–Crippen LogP) is 4.11. The molecule has 2 aromatic carbocycles. The molecule has 6 heteroatoms. The van der Waals surface area contributed by atoms with Crippen molar-refractivity contribution in [3.8, 4) is 11.8 Å². The largest absolute Gasteiger partial charge is 0.352 e. The van der Waals surface area contributed by atoms with Crippen molar-refractivity contribution < 1.29 is 4.79 Å². The van der Waals surface area contributed by atoms with E-state index in [2.05, 4.69) is 21.1 Å². The van der Waals surface area contributed by atoms with Crippen molar-refractivity contribution in [1.82, 2.24) is 19.7 Å². The SMILES string of the molecule is N#CCCn1cc(/C=C/C(=O)NCCc2cnn(-c3ccccc3)c2)c2ccccc21. The van der Waals surface area contributed by atoms with E-state index in [1.165, 1.54) is 0 Å². The third-order valence-corrected chi connectivity index (χ3v) is 5.07. The molecule has 0 fully saturated rings. The molecule has 0 bridgehead atoms. The molecule has 4 aromatic rings. The summed E-state index contributed by atoms with van der Waals surface area (Å²) >= 11 is 0. The molecule has 0 spiro atoms. The Morgan fingerprint density at radius 2 is 1.90 bits per heavy atom. The van der Waals surface area contributed by atoms with Gasteiger partial charge in [0.15, 0.2) is 0 Å². The number of para-hydroxylation sites is 2. The van der Waals surface area contributed by atoms with Crippen LogP contribution >= 0.6 is 0 Å². The molecule has 1 amide bonds. The highest BCUT2D eigenvalue weighted by atomic mass is 16.1. The number of amides is 1. The fourth-order valence-electron chi connectivity index (χ4n) is 3.53. The number of nitrogens with zero attached hydrogens (tertiary/aromatic N) is 4. The van der Waals surface area contributed by atoms with Crippen LogP contribution in [0.25, 0.3) is 22.7 Å². The lowest BCUT2D eigenvalue weighted by atomic mass is 10.1. The summed E-state index contributed by atoms with van der Waals surface area (Å²) < 4.78 is 3.89. The first-order valence-corrected chi connectivity index (χ1v) is 10.2. The Balaban J connectivity index is 1.34. The monoisotopic (exact) mass is 409 g/mol. The summed E-state index contributed by atoms with van der Waals surface area (Å²) in [6.45, 7) is 1.17. The quantitative estimate of drug-likeness (QED) is 0.445. The summed E-state index contributed by atoms with van der Waals surface area (Å²) in [6, 6.07) is 20.1. The zero-order valence-corrected chi connectivity index (χ0v) is 17.1. The molecule has 0 aliphatic heterocycles. The molecule has 154 valence electrons. The van der Waals surface area contributed by atoms with Gasteiger partial charge in [-0.15, -0.1) is 0 Å². The van der Waals surface area contributed by atoms with Crippen molar-refractivity contribution in [2.75, 3.05) is 6.54 Å². The van der Waals surface area contributed by atoms with Crippen LogP contribution in [0.3, 0.4) is 0 Å². The maximum atomic E-state index is 12.3. The molecule has 4 rings (SSSR count). The van der Waals surface area contributed by atoms with E-state index in [1.54, 1.807) is 6.08 Å². The summed E-state index contributed by atoms with van der Waals surface area (Å²) in [4.78, 5) is 12.3. The molecule has 0 saturated carbocycles. The van der Waals surface area contributed by atoms with Crippen LogP contribution in [0, 0.1) is 11.3 Å². The maximum absolute atomic E-state index is 12.3. The molecule has 0 radical (unpaired) electrons. The molecule has 0 unspecified atom stereocenters. The first-order chi connectivity index (χ1) is 15.2. The minimum absolute atomic E-state index is 0.135. The van der Waals surface area contributed by atoms with Gasteiger partial charge in [0, 0.05) is 48.0 Å². The molecule has 0 atom stereocenters. The predicted molar refractivity (Wildman–Crippen MR) is 121 cm³/mol. The fourth-order valence-corrected chi connectivity index (χ4v) is 3.53. The lowest BCUT2D eigenvalue weighted by molar-refractivity contribution is -0.116. The number of aryl methyl sites for hydroxylation is 1. The normalized spacial score (nSPS) is 11.1. The van der Waals surface area contributed by atoms with Crippen LogP contribution < -0.4 is 5.32 Å². The Hall–Kier alpha value is -4.11. The zero-order chi connectivity index (χ0) is 21.5. The first-order valence-electron chi connectivity index (χ1n) is 10.2. The van der Waals surface area contributed by atoms with Crippen molar-refractivity contribution in [1.29, 1.82) is 5.26 Å². The number of aromatic nitrogens is 3. The molecule has 0 saturated heterocycles. The molecule has 2 aromatic heterocycles. The van der Waals surface area contributed by atoms with Crippen LogP contribution in [0.1, 0.15) is 17.5 Å². The Morgan fingerprint density at radius 1 is 1.10 bits per heavy atom. The fraction of sp³-hybridized carbons (Fsp3) is 0.160. The van der Waals surface area contributed by atoms with E-state index in [-0.39, 0.29) is 5.91 Å². The summed E-state index contributed by atoms with van der Waals surface area (Å²) in [7, 11) is 0. The highest BCUT2D eigenvalue weighted by molar-refractivity contribution is 5.96. The topological polar surface area (TPSA) is 75.6 Å². The number of benzene rings is 2. The highest BCUT2D eigenvalue weighted by Crippen LogP contribution is 2.22. The highest BCUT2D eigenvalue weighted by Gasteiger charge is 2.06. The van der Waals surface area contributed by atoms with E-state index in [0.717, 1.165) is 27.7 Å². The van der Waals surface area contributed by atoms with Gasteiger partial charge in [-0.2, -0.15) is 10.4 Å². The number of hydrogen-bond acceptors (Lipinski definition) is 3. The lowest BCUT2D eigenvalue weighted by Gasteiger charge is -2.01. The van der Waals surface area contributed by atoms with Crippen molar-refractivity contribution in [2.24, 2.45) is 0 Å². The van der Waals surface area contributed by atoms with Gasteiger partial charge >= 0.3 is 0 Å². The average molecular weight is 409 g/mol. The third-order valence-electron chi connectivity index (χ3n) is 5.07. The average Bonchev–Trinajstić information content (AvgIpc) is 3.42. The number of carbonyl (C=O) groups is 1. The van der Waals surface area contributed by atoms with Crippen molar-refractivity contribution in [2.45, 2.75) is 19.4 Å². The summed E-state index contributed by atoms with van der Waals surface area (Å²) in [6.07, 6.45) is 10.3. The van der Waals surface area contributed by atoms with Gasteiger partial charge in [-0.05, 0) is 36.3 Å². The smallest absolute Gasteiger partial charge is 0.244 e. The number of rotatable bonds is 8. The van der Waals surface area contributed by atoms with Crippen LogP contribution in [0.5, 0.6) is 0 Å². The molecule has 2 heterocycles. The van der Waals surface area contributed by atoms with E-state index < -0.39 is 0 Å². The molecule has 0 aliphatic rings. The van der Waals surface area contributed by atoms with Gasteiger partial charge in [0.25, 0.3) is 0 Å². The van der Waals surface area contributed by atoms with Gasteiger partial charge in [0.05, 0.1) is 24.4 Å². The Morgan fingerprint density at radius 3 is 2.74 bits per heavy atom. The van der Waals surface area contributed by atoms with E-state index in [9.17, 15) is 4.79 Å². The van der Waals surface area contributed by atoms with E-state index in [0.29, 0.717) is 25.9 Å². The Labute approximate surface area is 181 Å². The van der Waals surface area contributed by atoms with Gasteiger partial charge in [-0.1, -0.05) is 36.4 Å². The minimum atomic E-state index is -0.135. The number of carbonyl (C=O) groups excluding carboxylic acids is 1. The van der Waals surface area contributed by atoms with Crippen molar-refractivity contribution in [3.63, 3.8) is 0 Å². The standard InChI is InChI=1S/C25H23N5O/c26-14-6-16-29-19-21(23-9-4-5-10-24(23)29)11-12-25(31)27-15-13-20-17-28-30(18-20)22-7-2-1-3-8-22/h1-5,7-12,17-19H,6,13,15-16H2,(H,27,31)/b12-11+. The molecule has 6 nitrogen and oxygen atoms in total. The zero-order valence-electron chi connectivity index (χ0n) is 17.1. The number of nitriles is 1. The second-order valence-corrected chi connectivity index (χ2v) is 7.21. The summed E-state index contributed by atoms with van der Waals surface area (Å²) in [5.41, 5.74) is 4.10. The van der Waals surface area contributed by atoms with Crippen molar-refractivity contribution >= 4 is 22.9 Å². The van der Waals surface area contributed by atoms with Crippen LogP contribution in [0.2, 0.25) is 0 Å². The lowest BCUT2D eigenvalue weighted by Crippen LogP contribution is -2.23. The Kier molecular flexibility index (Phi) is 6.24. The summed E-state index contributed by atoms with van der Waals surface area (Å²) in [5, 5.41) is 17.2. The molecule has 1 N–H and O–H groups in total. The van der Waals surface area contributed by atoms with Gasteiger partial charge in [-0.25, -0.2) is 4.68 Å². The number of hydrogen-bond donors (Lipinski definition) is 1. The van der Waals surface area contributed by atoms with Gasteiger partial charge < -0.3 is 9.88 Å². The van der Waals surface area contributed by atoms with Crippen LogP contribution in [-0.4, -0.2) is 26.8 Å². The van der Waals surface area contributed by atoms with Gasteiger partial charge in [-0.3, -0.25) is 4.79 Å². The van der Waals surface area contributed by atoms with Crippen molar-refractivity contribution in [3.05, 3.63) is 90.4 Å². The van der Waals surface area contributed by atoms with E-state index >= 15 is 0 Å². The van der Waals surface area contributed by atoms with Gasteiger partial charge in [0.2, 0.25) is 5.91 Å². The first kappa shape index (κ1) is 20.2. The Bertz CT molecular complexity index is 1240. The molecule has 31 heavy (non-hydrogen) atoms. The van der Waals surface area contributed by atoms with Crippen LogP contribution in [0.15, 0.2) is 79.3 Å². The minimum Gasteiger partial charge on any atom is -0.352 e. The second kappa shape index (κ2) is 9.59. The molecular weight excluding hydrogens is 386 g/mol. The number of nitrogens with one attached hydrogen (secondary N) is 1. The third kappa shape index (κ3) is 4.90.